The number of aliphatic hydroxyl groups excluding tert-OH is 2. The summed E-state index contributed by atoms with van der Waals surface area (Å²) in [6, 6.07) is 0. The van der Waals surface area contributed by atoms with E-state index in [2.05, 4.69) is 0 Å². The average Bonchev–Trinajstić information content (AvgIpc) is 3.27. The Labute approximate surface area is 129 Å². The van der Waals surface area contributed by atoms with Crippen LogP contribution in [0.3, 0.4) is 0 Å². The topological polar surface area (TPSA) is 88.5 Å². The molecule has 0 radical (unpaired) electrons. The minimum Gasteiger partial charge on any atom is -0.459 e. The van der Waals surface area contributed by atoms with Crippen LogP contribution in [0.5, 0.6) is 0 Å². The van der Waals surface area contributed by atoms with E-state index in [9.17, 15) is 15.0 Å². The molecule has 7 atom stereocenters. The molecule has 0 aromatic carbocycles. The summed E-state index contributed by atoms with van der Waals surface area (Å²) in [5, 5.41) is 21.0. The van der Waals surface area contributed by atoms with Gasteiger partial charge in [0.25, 0.3) is 0 Å². The number of rotatable bonds is 2. The third-order valence-electron chi connectivity index (χ3n) is 6.50. The van der Waals surface area contributed by atoms with Crippen LogP contribution in [0.1, 0.15) is 26.7 Å². The fourth-order valence-corrected chi connectivity index (χ4v) is 5.22. The number of allylic oxidation sites excluding steroid dienone is 1. The summed E-state index contributed by atoms with van der Waals surface area (Å²) in [5.41, 5.74) is -1.97. The van der Waals surface area contributed by atoms with Crippen molar-refractivity contribution in [3.63, 3.8) is 0 Å². The monoisotopic (exact) mass is 310 g/mol. The van der Waals surface area contributed by atoms with Crippen molar-refractivity contribution in [3.05, 3.63) is 12.2 Å². The summed E-state index contributed by atoms with van der Waals surface area (Å²) in [7, 11) is 0. The van der Waals surface area contributed by atoms with Crippen LogP contribution >= 0.6 is 0 Å². The number of esters is 1. The van der Waals surface area contributed by atoms with E-state index in [1.54, 1.807) is 0 Å². The van der Waals surface area contributed by atoms with Gasteiger partial charge in [0.15, 0.2) is 0 Å². The predicted octanol–water partition coefficient (Wildman–Crippen LogP) is 0.164. The van der Waals surface area contributed by atoms with E-state index in [-0.39, 0.29) is 12.7 Å². The van der Waals surface area contributed by atoms with Crippen LogP contribution in [0, 0.1) is 10.8 Å². The molecule has 2 saturated heterocycles. The smallest absolute Gasteiger partial charge is 0.303 e. The summed E-state index contributed by atoms with van der Waals surface area (Å²) < 4.78 is 17.4. The lowest BCUT2D eigenvalue weighted by atomic mass is 9.52. The number of hydrogen-bond donors (Lipinski definition) is 2. The first-order valence-corrected chi connectivity index (χ1v) is 7.85. The van der Waals surface area contributed by atoms with E-state index in [0.29, 0.717) is 13.0 Å². The molecule has 2 aliphatic carbocycles. The molecule has 4 rings (SSSR count). The maximum absolute atomic E-state index is 11.6. The number of aliphatic hydroxyl groups is 2. The molecular formula is C16H22O6. The Morgan fingerprint density at radius 2 is 2.23 bits per heavy atom. The summed E-state index contributed by atoms with van der Waals surface area (Å²) in [6.45, 7) is 3.67. The second-order valence-electron chi connectivity index (χ2n) is 7.16. The van der Waals surface area contributed by atoms with Crippen molar-refractivity contribution >= 4 is 5.97 Å². The van der Waals surface area contributed by atoms with Crippen LogP contribution in [0.25, 0.3) is 0 Å². The van der Waals surface area contributed by atoms with Gasteiger partial charge in [-0.2, -0.15) is 0 Å². The Kier molecular flexibility index (Phi) is 2.87. The highest BCUT2D eigenvalue weighted by Gasteiger charge is 2.85. The van der Waals surface area contributed by atoms with E-state index in [4.69, 9.17) is 14.2 Å². The van der Waals surface area contributed by atoms with E-state index in [0.717, 1.165) is 6.42 Å². The highest BCUT2D eigenvalue weighted by atomic mass is 16.7. The minimum atomic E-state index is -0.946. The van der Waals surface area contributed by atoms with Crippen molar-refractivity contribution in [1.82, 2.24) is 0 Å². The molecule has 1 saturated carbocycles. The fraction of sp³-hybridized carbons (Fsp3) is 0.812. The lowest BCUT2D eigenvalue weighted by molar-refractivity contribution is -0.228. The fourth-order valence-electron chi connectivity index (χ4n) is 5.22. The van der Waals surface area contributed by atoms with Gasteiger partial charge in [-0.25, -0.2) is 0 Å². The standard InChI is InChI=1S/C16H22O6/c1-9(18)21-12-11(19)13-16(8-20-16)14(12,2)15(7-17)6-4-3-5-10(15)22-13/h3,5,10-13,17,19H,4,6-8H2,1-2H3/t10-,11-,12-,13-,14-,15-,16+/m1/s1. The number of fused-ring (bicyclic) bond motifs is 2. The van der Waals surface area contributed by atoms with Gasteiger partial charge in [-0.05, 0) is 12.8 Å². The third-order valence-corrected chi connectivity index (χ3v) is 6.50. The quantitative estimate of drug-likeness (QED) is 0.429. The van der Waals surface area contributed by atoms with Crippen LogP contribution in [-0.2, 0) is 19.0 Å². The van der Waals surface area contributed by atoms with Gasteiger partial charge in [-0.3, -0.25) is 4.79 Å². The second-order valence-corrected chi connectivity index (χ2v) is 7.16. The second kappa shape index (κ2) is 4.32. The normalized spacial score (nSPS) is 55.1. The highest BCUT2D eigenvalue weighted by Crippen LogP contribution is 2.71. The molecule has 2 heterocycles. The van der Waals surface area contributed by atoms with Crippen molar-refractivity contribution in [1.29, 1.82) is 0 Å². The van der Waals surface area contributed by atoms with Gasteiger partial charge < -0.3 is 24.4 Å². The molecule has 0 aromatic rings. The van der Waals surface area contributed by atoms with E-state index in [1.165, 1.54) is 6.92 Å². The number of carbonyl (C=O) groups is 1. The number of ether oxygens (including phenoxy) is 3. The number of carbonyl (C=O) groups excluding carboxylic acids is 1. The Morgan fingerprint density at radius 3 is 2.82 bits per heavy atom. The van der Waals surface area contributed by atoms with Crippen LogP contribution in [0.4, 0.5) is 0 Å². The molecule has 2 bridgehead atoms. The van der Waals surface area contributed by atoms with Gasteiger partial charge in [0, 0.05) is 12.3 Å². The molecular weight excluding hydrogens is 288 g/mol. The highest BCUT2D eigenvalue weighted by molar-refractivity contribution is 5.66. The van der Waals surface area contributed by atoms with E-state index >= 15 is 0 Å². The Hall–Kier alpha value is -0.950. The van der Waals surface area contributed by atoms with Crippen LogP contribution in [0.2, 0.25) is 0 Å². The Morgan fingerprint density at radius 1 is 1.50 bits per heavy atom. The van der Waals surface area contributed by atoms with Gasteiger partial charge >= 0.3 is 5.97 Å². The van der Waals surface area contributed by atoms with Gasteiger partial charge in [-0.15, -0.1) is 0 Å². The van der Waals surface area contributed by atoms with E-state index in [1.807, 2.05) is 19.1 Å². The molecule has 0 aromatic heterocycles. The maximum atomic E-state index is 11.6. The third kappa shape index (κ3) is 1.38. The van der Waals surface area contributed by atoms with Crippen molar-refractivity contribution in [2.75, 3.05) is 13.2 Å². The lowest BCUT2D eigenvalue weighted by Crippen LogP contribution is -2.66. The van der Waals surface area contributed by atoms with Gasteiger partial charge in [-0.1, -0.05) is 19.1 Å². The largest absolute Gasteiger partial charge is 0.459 e. The van der Waals surface area contributed by atoms with Crippen molar-refractivity contribution in [2.45, 2.75) is 56.7 Å². The summed E-state index contributed by atoms with van der Waals surface area (Å²) >= 11 is 0. The Bertz CT molecular complexity index is 541. The van der Waals surface area contributed by atoms with Crippen LogP contribution in [-0.4, -0.2) is 59.4 Å². The first-order valence-electron chi connectivity index (χ1n) is 7.85. The molecule has 2 aliphatic heterocycles. The van der Waals surface area contributed by atoms with Crippen molar-refractivity contribution in [3.8, 4) is 0 Å². The zero-order valence-electron chi connectivity index (χ0n) is 12.8. The van der Waals surface area contributed by atoms with Gasteiger partial charge in [0.2, 0.25) is 0 Å². The first-order chi connectivity index (χ1) is 10.4. The molecule has 6 heteroatoms. The summed E-state index contributed by atoms with van der Waals surface area (Å²) in [4.78, 5) is 11.6. The maximum Gasteiger partial charge on any atom is 0.303 e. The summed E-state index contributed by atoms with van der Waals surface area (Å²) in [6.07, 6.45) is 3.02. The number of hydrogen-bond acceptors (Lipinski definition) is 6. The Balaban J connectivity index is 1.89. The molecule has 0 amide bonds. The minimum absolute atomic E-state index is 0.0964. The molecule has 122 valence electrons. The van der Waals surface area contributed by atoms with Crippen LogP contribution < -0.4 is 0 Å². The molecule has 3 fully saturated rings. The predicted molar refractivity (Wildman–Crippen MR) is 74.9 cm³/mol. The molecule has 22 heavy (non-hydrogen) atoms. The molecule has 4 aliphatic rings. The molecule has 0 unspecified atom stereocenters. The lowest BCUT2D eigenvalue weighted by Gasteiger charge is -2.57. The number of epoxide rings is 1. The van der Waals surface area contributed by atoms with E-state index < -0.39 is 40.7 Å². The van der Waals surface area contributed by atoms with Gasteiger partial charge in [0.1, 0.15) is 23.9 Å². The average molecular weight is 310 g/mol. The SMILES string of the molecule is CC(=O)O[C@@H]1[C@@H](O)[C@H]2O[C@@H]3C=CCC[C@]3(CO)[C@]1(C)[C@]21CO1. The molecule has 6 nitrogen and oxygen atoms in total. The zero-order valence-corrected chi connectivity index (χ0v) is 12.8. The zero-order chi connectivity index (χ0) is 15.8. The van der Waals surface area contributed by atoms with Crippen LogP contribution in [0.15, 0.2) is 12.2 Å². The van der Waals surface area contributed by atoms with Gasteiger partial charge in [0.05, 0.1) is 24.7 Å². The summed E-state index contributed by atoms with van der Waals surface area (Å²) in [5.74, 6) is -0.440. The first kappa shape index (κ1) is 14.6. The van der Waals surface area contributed by atoms with Crippen molar-refractivity contribution in [2.24, 2.45) is 10.8 Å². The molecule has 1 spiro atoms. The van der Waals surface area contributed by atoms with Crippen molar-refractivity contribution < 1.29 is 29.2 Å². The molecule has 2 N–H and O–H groups in total.